The summed E-state index contributed by atoms with van der Waals surface area (Å²) in [7, 11) is 0. The van der Waals surface area contributed by atoms with E-state index < -0.39 is 20.9 Å². The topological polar surface area (TPSA) is 6.25 Å². The molecule has 0 saturated heterocycles. The van der Waals surface area contributed by atoms with Crippen molar-refractivity contribution in [2.75, 3.05) is 31.1 Å². The van der Waals surface area contributed by atoms with Crippen molar-refractivity contribution in [3.63, 3.8) is 0 Å². The third kappa shape index (κ3) is 3.33. The predicted molar refractivity (Wildman–Crippen MR) is 156 cm³/mol. The van der Waals surface area contributed by atoms with Crippen molar-refractivity contribution in [2.24, 2.45) is 0 Å². The summed E-state index contributed by atoms with van der Waals surface area (Å²) in [5, 5.41) is 3.29. The van der Waals surface area contributed by atoms with Crippen LogP contribution in [0.15, 0.2) is 24.3 Å². The molecule has 0 fully saturated rings. The van der Waals surface area contributed by atoms with E-state index in [0.29, 0.717) is 0 Å². The Labute approximate surface area is 231 Å². The fraction of sp³-hybridized carbons (Fsp3) is 0.441. The first-order valence-electron chi connectivity index (χ1n) is 14.6. The minimum absolute atomic E-state index is 0.448. The number of fused-ring (bicyclic) bond motifs is 4. The first kappa shape index (κ1) is 22.9. The number of benzene rings is 3. The van der Waals surface area contributed by atoms with Gasteiger partial charge in [-0.05, 0) is 0 Å². The molecule has 0 unspecified atom stereocenters. The van der Waals surface area contributed by atoms with Gasteiger partial charge in [0.25, 0.3) is 0 Å². The van der Waals surface area contributed by atoms with Gasteiger partial charge in [0.2, 0.25) is 0 Å². The monoisotopic (exact) mass is 603 g/mol. The number of nitrogens with zero attached hydrogens (tertiary/aromatic N) is 2. The summed E-state index contributed by atoms with van der Waals surface area (Å²) in [5.74, 6) is 0. The molecule has 0 spiro atoms. The normalized spacial score (nSPS) is 19.3. The molecule has 3 aromatic rings. The Hall–Kier alpha value is -2.08. The zero-order chi connectivity index (χ0) is 24.8. The Morgan fingerprint density at radius 3 is 2.24 bits per heavy atom. The molecular formula is C34H37N2Te+. The van der Waals surface area contributed by atoms with Crippen LogP contribution >= 0.6 is 0 Å². The SMILES string of the molecule is Cc1cc(C)c(C2=c3cc4c5c(c3[Te]c3c2cc2c6c3CCCN6CCC2)CCC[N+]=5CCC4)c(C)c1. The average Bonchev–Trinajstić information content (AvgIpc) is 2.89. The fourth-order valence-electron chi connectivity index (χ4n) is 8.36. The maximum absolute atomic E-state index is 2.75. The van der Waals surface area contributed by atoms with E-state index in [0.717, 1.165) is 0 Å². The molecule has 0 atom stereocenters. The number of aryl methyl sites for hydroxylation is 5. The quantitative estimate of drug-likeness (QED) is 0.241. The molecule has 0 aliphatic carbocycles. The van der Waals surface area contributed by atoms with Gasteiger partial charge in [-0.2, -0.15) is 0 Å². The van der Waals surface area contributed by atoms with Crippen molar-refractivity contribution in [1.82, 2.24) is 4.58 Å². The molecule has 0 amide bonds. The molecule has 0 radical (unpaired) electrons. The third-order valence-corrected chi connectivity index (χ3v) is 13.4. The van der Waals surface area contributed by atoms with Gasteiger partial charge < -0.3 is 0 Å². The molecule has 0 N–H and O–H groups in total. The molecule has 0 saturated carbocycles. The summed E-state index contributed by atoms with van der Waals surface area (Å²) in [6, 6.07) is 10.2. The zero-order valence-corrected chi connectivity index (χ0v) is 24.9. The van der Waals surface area contributed by atoms with Crippen LogP contribution in [0.2, 0.25) is 0 Å². The predicted octanol–water partition coefficient (Wildman–Crippen LogP) is 2.91. The van der Waals surface area contributed by atoms with E-state index in [1.165, 1.54) is 99.8 Å². The average molecular weight is 601 g/mol. The Morgan fingerprint density at radius 1 is 0.730 bits per heavy atom. The van der Waals surface area contributed by atoms with Crippen LogP contribution in [-0.4, -0.2) is 47.1 Å². The third-order valence-electron chi connectivity index (χ3n) is 9.61. The van der Waals surface area contributed by atoms with E-state index in [9.17, 15) is 0 Å². The van der Waals surface area contributed by atoms with Gasteiger partial charge in [-0.15, -0.1) is 0 Å². The van der Waals surface area contributed by atoms with Crippen molar-refractivity contribution in [1.29, 1.82) is 0 Å². The van der Waals surface area contributed by atoms with Gasteiger partial charge in [0.1, 0.15) is 0 Å². The second-order valence-electron chi connectivity index (χ2n) is 12.1. The summed E-state index contributed by atoms with van der Waals surface area (Å²) < 4.78 is 6.34. The van der Waals surface area contributed by atoms with Crippen LogP contribution in [0.5, 0.6) is 0 Å². The first-order chi connectivity index (χ1) is 18.1. The van der Waals surface area contributed by atoms with Crippen molar-refractivity contribution < 1.29 is 0 Å². The van der Waals surface area contributed by atoms with E-state index in [1.807, 2.05) is 0 Å². The second-order valence-corrected chi connectivity index (χ2v) is 15.0. The van der Waals surface area contributed by atoms with E-state index >= 15 is 0 Å². The van der Waals surface area contributed by atoms with Crippen molar-refractivity contribution in [2.45, 2.75) is 72.1 Å². The molecule has 5 aliphatic heterocycles. The molecule has 0 bridgehead atoms. The van der Waals surface area contributed by atoms with Crippen LogP contribution in [0.1, 0.15) is 75.8 Å². The van der Waals surface area contributed by atoms with Crippen LogP contribution < -0.4 is 27.3 Å². The first-order valence-corrected chi connectivity index (χ1v) is 16.9. The van der Waals surface area contributed by atoms with Crippen LogP contribution in [0.25, 0.3) is 5.57 Å². The standard InChI is InChI=1S/C34H37N2Te/c1-20-16-21(2)29(22(3)17-20)30-27-18-23-8-4-12-35-14-6-10-25(31(23)35)33(27)37-34-26-11-7-15-36-13-5-9-24(32(26)36)19-28(30)34/h16-19H,4-15H2,1-3H3/q+1. The summed E-state index contributed by atoms with van der Waals surface area (Å²) in [6.45, 7) is 12.0. The van der Waals surface area contributed by atoms with Gasteiger partial charge >= 0.3 is 232 Å². The molecule has 2 nitrogen and oxygen atoms in total. The van der Waals surface area contributed by atoms with E-state index in [-0.39, 0.29) is 0 Å². The van der Waals surface area contributed by atoms with Gasteiger partial charge in [0.05, 0.1) is 0 Å². The number of hydrogen-bond acceptors (Lipinski definition) is 1. The van der Waals surface area contributed by atoms with Gasteiger partial charge in [-0.25, -0.2) is 0 Å². The molecule has 188 valence electrons. The summed E-state index contributed by atoms with van der Waals surface area (Å²) in [6.07, 6.45) is 10.3. The van der Waals surface area contributed by atoms with E-state index in [1.54, 1.807) is 56.9 Å². The van der Waals surface area contributed by atoms with E-state index in [4.69, 9.17) is 0 Å². The molecule has 3 heteroatoms. The zero-order valence-electron chi connectivity index (χ0n) is 22.6. The molecule has 8 rings (SSSR count). The second kappa shape index (κ2) is 8.46. The van der Waals surface area contributed by atoms with E-state index in [2.05, 4.69) is 54.5 Å². The number of anilines is 1. The molecule has 3 aromatic carbocycles. The Morgan fingerprint density at radius 2 is 1.43 bits per heavy atom. The van der Waals surface area contributed by atoms with Crippen LogP contribution in [-0.2, 0) is 25.7 Å². The summed E-state index contributed by atoms with van der Waals surface area (Å²) in [5.41, 5.74) is 17.5. The summed E-state index contributed by atoms with van der Waals surface area (Å²) >= 11 is -0.448. The molecule has 5 aliphatic rings. The number of hydrogen-bond donors (Lipinski definition) is 0. The summed E-state index contributed by atoms with van der Waals surface area (Å²) in [4.78, 5) is 2.75. The van der Waals surface area contributed by atoms with Gasteiger partial charge in [0, 0.05) is 0 Å². The Bertz CT molecular complexity index is 1610. The van der Waals surface area contributed by atoms with Gasteiger partial charge in [-0.3, -0.25) is 0 Å². The fourth-order valence-corrected chi connectivity index (χ4v) is 12.3. The van der Waals surface area contributed by atoms with Crippen molar-refractivity contribution >= 4 is 39.4 Å². The Kier molecular flexibility index (Phi) is 5.23. The number of rotatable bonds is 1. The van der Waals surface area contributed by atoms with Crippen molar-refractivity contribution in [3.05, 3.63) is 84.9 Å². The maximum atomic E-state index is 2.75. The van der Waals surface area contributed by atoms with Crippen LogP contribution in [0.4, 0.5) is 5.69 Å². The van der Waals surface area contributed by atoms with Crippen molar-refractivity contribution in [3.8, 4) is 0 Å². The van der Waals surface area contributed by atoms with Crippen LogP contribution in [0, 0.1) is 20.8 Å². The van der Waals surface area contributed by atoms with Gasteiger partial charge in [-0.1, -0.05) is 0 Å². The molecule has 0 aromatic heterocycles. The molecule has 37 heavy (non-hydrogen) atoms. The van der Waals surface area contributed by atoms with Gasteiger partial charge in [0.15, 0.2) is 0 Å². The van der Waals surface area contributed by atoms with Crippen LogP contribution in [0.3, 0.4) is 0 Å². The molecular weight excluding hydrogens is 564 g/mol. The minimum atomic E-state index is -0.448. The molecule has 5 heterocycles. The Balaban J connectivity index is 1.55.